The van der Waals surface area contributed by atoms with Crippen LogP contribution in [0.4, 0.5) is 0 Å². The molecule has 0 spiro atoms. The lowest BCUT2D eigenvalue weighted by Gasteiger charge is -2.12. The van der Waals surface area contributed by atoms with E-state index in [1.165, 1.54) is 0 Å². The smallest absolute Gasteiger partial charge is 0.0438 e. The lowest BCUT2D eigenvalue weighted by molar-refractivity contribution is 0.650. The molecule has 0 saturated heterocycles. The minimum Gasteiger partial charge on any atom is -0.383 e. The minimum absolute atomic E-state index is 0.461. The van der Waals surface area contributed by atoms with Gasteiger partial charge in [-0.25, -0.2) is 0 Å². The van der Waals surface area contributed by atoms with E-state index in [1.807, 2.05) is 13.8 Å². The van der Waals surface area contributed by atoms with Gasteiger partial charge in [-0.15, -0.1) is 0 Å². The van der Waals surface area contributed by atoms with Crippen LogP contribution in [0.15, 0.2) is 24.4 Å². The minimum atomic E-state index is 0.461. The van der Waals surface area contributed by atoms with Crippen molar-refractivity contribution >= 4 is 0 Å². The summed E-state index contributed by atoms with van der Waals surface area (Å²) in [5, 5.41) is 3.25. The first kappa shape index (κ1) is 9.28. The molecule has 0 saturated carbocycles. The van der Waals surface area contributed by atoms with Crippen LogP contribution in [0.3, 0.4) is 0 Å². The lowest BCUT2D eigenvalue weighted by Crippen LogP contribution is -2.23. The Kier molecular flexibility index (Phi) is 4.73. The molecule has 0 fully saturated rings. The summed E-state index contributed by atoms with van der Waals surface area (Å²) in [5.74, 6) is 0. The molecule has 0 aromatic rings. The standard InChI is InChI=1S/C9H17N/c1-5-7-9(6-2)10-8(3)4/h5,7,9-10H,3,6H2,1-2,4H3/b7-5-. The van der Waals surface area contributed by atoms with Crippen molar-refractivity contribution in [1.29, 1.82) is 0 Å². The van der Waals surface area contributed by atoms with Gasteiger partial charge < -0.3 is 5.32 Å². The molecule has 0 rings (SSSR count). The van der Waals surface area contributed by atoms with Gasteiger partial charge in [0.15, 0.2) is 0 Å². The summed E-state index contributed by atoms with van der Waals surface area (Å²) in [6.45, 7) is 9.94. The van der Waals surface area contributed by atoms with Crippen LogP contribution in [0.25, 0.3) is 0 Å². The third kappa shape index (κ3) is 4.19. The molecule has 0 radical (unpaired) electrons. The average molecular weight is 139 g/mol. The number of allylic oxidation sites excluding steroid dienone is 2. The number of rotatable bonds is 4. The van der Waals surface area contributed by atoms with Gasteiger partial charge in [-0.2, -0.15) is 0 Å². The fraction of sp³-hybridized carbons (Fsp3) is 0.556. The predicted molar refractivity (Wildman–Crippen MR) is 46.8 cm³/mol. The summed E-state index contributed by atoms with van der Waals surface area (Å²) in [6.07, 6.45) is 5.32. The van der Waals surface area contributed by atoms with Gasteiger partial charge in [-0.05, 0) is 20.3 Å². The Hall–Kier alpha value is -0.720. The van der Waals surface area contributed by atoms with Crippen LogP contribution in [-0.2, 0) is 0 Å². The Labute approximate surface area is 63.8 Å². The van der Waals surface area contributed by atoms with E-state index in [-0.39, 0.29) is 0 Å². The number of hydrogen-bond donors (Lipinski definition) is 1. The second-order valence-corrected chi connectivity index (χ2v) is 2.47. The SMILES string of the molecule is C=C(C)NC(/C=C\C)CC. The van der Waals surface area contributed by atoms with E-state index in [1.54, 1.807) is 0 Å². The van der Waals surface area contributed by atoms with E-state index < -0.39 is 0 Å². The van der Waals surface area contributed by atoms with E-state index >= 15 is 0 Å². The zero-order chi connectivity index (χ0) is 7.98. The zero-order valence-corrected chi connectivity index (χ0v) is 7.15. The Morgan fingerprint density at radius 2 is 2.30 bits per heavy atom. The van der Waals surface area contributed by atoms with E-state index in [0.717, 1.165) is 12.1 Å². The van der Waals surface area contributed by atoms with Crippen LogP contribution in [0.5, 0.6) is 0 Å². The Bertz CT molecular complexity index is 125. The molecule has 0 aromatic heterocycles. The average Bonchev–Trinajstić information content (AvgIpc) is 1.86. The molecule has 0 aliphatic carbocycles. The molecule has 0 bridgehead atoms. The quantitative estimate of drug-likeness (QED) is 0.590. The molecular formula is C9H17N. The first-order valence-corrected chi connectivity index (χ1v) is 3.75. The maximum atomic E-state index is 3.78. The third-order valence-electron chi connectivity index (χ3n) is 1.30. The van der Waals surface area contributed by atoms with Crippen LogP contribution >= 0.6 is 0 Å². The molecule has 1 heteroatoms. The number of hydrogen-bond acceptors (Lipinski definition) is 1. The van der Waals surface area contributed by atoms with Gasteiger partial charge in [-0.1, -0.05) is 25.7 Å². The van der Waals surface area contributed by atoms with Crippen molar-refractivity contribution in [2.75, 3.05) is 0 Å². The summed E-state index contributed by atoms with van der Waals surface area (Å²) in [6, 6.07) is 0.461. The molecule has 10 heavy (non-hydrogen) atoms. The van der Waals surface area contributed by atoms with E-state index in [2.05, 4.69) is 31.0 Å². The lowest BCUT2D eigenvalue weighted by atomic mass is 10.2. The number of nitrogens with one attached hydrogen (secondary N) is 1. The summed E-state index contributed by atoms with van der Waals surface area (Å²) in [5.41, 5.74) is 1.03. The van der Waals surface area contributed by atoms with Crippen LogP contribution in [-0.4, -0.2) is 6.04 Å². The third-order valence-corrected chi connectivity index (χ3v) is 1.30. The zero-order valence-electron chi connectivity index (χ0n) is 7.15. The van der Waals surface area contributed by atoms with Crippen molar-refractivity contribution in [1.82, 2.24) is 5.32 Å². The molecule has 1 unspecified atom stereocenters. The highest BCUT2D eigenvalue weighted by molar-refractivity contribution is 4.97. The van der Waals surface area contributed by atoms with Gasteiger partial charge in [0.1, 0.15) is 0 Å². The Morgan fingerprint density at radius 1 is 1.70 bits per heavy atom. The largest absolute Gasteiger partial charge is 0.383 e. The monoisotopic (exact) mass is 139 g/mol. The van der Waals surface area contributed by atoms with Gasteiger partial charge in [0.2, 0.25) is 0 Å². The van der Waals surface area contributed by atoms with Crippen molar-refractivity contribution in [3.63, 3.8) is 0 Å². The van der Waals surface area contributed by atoms with Gasteiger partial charge >= 0.3 is 0 Å². The van der Waals surface area contributed by atoms with E-state index in [4.69, 9.17) is 0 Å². The van der Waals surface area contributed by atoms with E-state index in [9.17, 15) is 0 Å². The fourth-order valence-electron chi connectivity index (χ4n) is 0.835. The molecule has 0 aromatic carbocycles. The highest BCUT2D eigenvalue weighted by Crippen LogP contribution is 1.95. The summed E-state index contributed by atoms with van der Waals surface area (Å²) in [4.78, 5) is 0. The maximum Gasteiger partial charge on any atom is 0.0438 e. The van der Waals surface area contributed by atoms with Crippen LogP contribution in [0, 0.1) is 0 Å². The van der Waals surface area contributed by atoms with Crippen LogP contribution in [0.1, 0.15) is 27.2 Å². The maximum absolute atomic E-state index is 3.78. The molecule has 1 atom stereocenters. The van der Waals surface area contributed by atoms with Gasteiger partial charge in [0.05, 0.1) is 0 Å². The normalized spacial score (nSPS) is 13.5. The van der Waals surface area contributed by atoms with Crippen molar-refractivity contribution in [3.8, 4) is 0 Å². The Morgan fingerprint density at radius 3 is 2.60 bits per heavy atom. The molecule has 58 valence electrons. The molecular weight excluding hydrogens is 122 g/mol. The van der Waals surface area contributed by atoms with Crippen LogP contribution in [0.2, 0.25) is 0 Å². The summed E-state index contributed by atoms with van der Waals surface area (Å²) >= 11 is 0. The van der Waals surface area contributed by atoms with Gasteiger partial charge in [0, 0.05) is 11.7 Å². The Balaban J connectivity index is 3.71. The second-order valence-electron chi connectivity index (χ2n) is 2.47. The van der Waals surface area contributed by atoms with Crippen molar-refractivity contribution < 1.29 is 0 Å². The molecule has 0 heterocycles. The molecule has 1 N–H and O–H groups in total. The highest BCUT2D eigenvalue weighted by atomic mass is 14.9. The fourth-order valence-corrected chi connectivity index (χ4v) is 0.835. The predicted octanol–water partition coefficient (Wildman–Crippen LogP) is 2.46. The highest BCUT2D eigenvalue weighted by Gasteiger charge is 1.96. The first-order valence-electron chi connectivity index (χ1n) is 3.75. The van der Waals surface area contributed by atoms with Gasteiger partial charge in [0.25, 0.3) is 0 Å². The summed E-state index contributed by atoms with van der Waals surface area (Å²) in [7, 11) is 0. The van der Waals surface area contributed by atoms with Crippen molar-refractivity contribution in [2.45, 2.75) is 33.2 Å². The van der Waals surface area contributed by atoms with Crippen molar-refractivity contribution in [3.05, 3.63) is 24.4 Å². The topological polar surface area (TPSA) is 12.0 Å². The molecule has 0 amide bonds. The molecule has 1 nitrogen and oxygen atoms in total. The van der Waals surface area contributed by atoms with Crippen LogP contribution < -0.4 is 5.32 Å². The van der Waals surface area contributed by atoms with E-state index in [0.29, 0.717) is 6.04 Å². The molecule has 0 aliphatic rings. The molecule has 0 aliphatic heterocycles. The first-order chi connectivity index (χ1) is 4.70. The van der Waals surface area contributed by atoms with Crippen molar-refractivity contribution in [2.24, 2.45) is 0 Å². The summed E-state index contributed by atoms with van der Waals surface area (Å²) < 4.78 is 0. The van der Waals surface area contributed by atoms with Gasteiger partial charge in [-0.3, -0.25) is 0 Å². The second kappa shape index (κ2) is 5.10.